The largest absolute Gasteiger partial charge is 0.385 e. The Morgan fingerprint density at radius 1 is 1.12 bits per heavy atom. The number of aromatic nitrogens is 2. The second kappa shape index (κ2) is 8.78. The van der Waals surface area contributed by atoms with Crippen molar-refractivity contribution in [1.29, 1.82) is 0 Å². The molecule has 0 aliphatic carbocycles. The van der Waals surface area contributed by atoms with Crippen LogP contribution < -0.4 is 5.32 Å². The van der Waals surface area contributed by atoms with Gasteiger partial charge in [-0.15, -0.1) is 11.3 Å². The van der Waals surface area contributed by atoms with Gasteiger partial charge in [-0.2, -0.15) is 5.10 Å². The van der Waals surface area contributed by atoms with Gasteiger partial charge in [0.15, 0.2) is 0 Å². The molecule has 1 N–H and O–H groups in total. The van der Waals surface area contributed by atoms with Crippen LogP contribution in [0.3, 0.4) is 0 Å². The fourth-order valence-electron chi connectivity index (χ4n) is 2.59. The molecular formula is C19H23N3OS. The number of ether oxygens (including phenoxy) is 1. The molecule has 0 spiro atoms. The predicted octanol–water partition coefficient (Wildman–Crippen LogP) is 4.12. The number of unbranched alkanes of at least 4 members (excludes halogenated alkanes) is 1. The van der Waals surface area contributed by atoms with Crippen molar-refractivity contribution in [1.82, 2.24) is 15.1 Å². The van der Waals surface area contributed by atoms with E-state index < -0.39 is 0 Å². The fraction of sp³-hybridized carbons (Fsp3) is 0.316. The van der Waals surface area contributed by atoms with Crippen LogP contribution in [0, 0.1) is 0 Å². The third kappa shape index (κ3) is 4.32. The minimum absolute atomic E-state index is 0.826. The lowest BCUT2D eigenvalue weighted by Gasteiger charge is -2.04. The number of hydrogen-bond acceptors (Lipinski definition) is 4. The zero-order chi connectivity index (χ0) is 16.6. The molecule has 0 amide bonds. The highest BCUT2D eigenvalue weighted by atomic mass is 32.1. The van der Waals surface area contributed by atoms with E-state index in [1.807, 2.05) is 22.9 Å². The first-order valence-corrected chi connectivity index (χ1v) is 9.14. The van der Waals surface area contributed by atoms with Gasteiger partial charge in [-0.3, -0.25) is 0 Å². The van der Waals surface area contributed by atoms with Gasteiger partial charge in [0, 0.05) is 32.0 Å². The first-order valence-electron chi connectivity index (χ1n) is 8.26. The Bertz CT molecular complexity index is 722. The molecule has 2 aromatic heterocycles. The summed E-state index contributed by atoms with van der Waals surface area (Å²) in [6.45, 7) is 2.64. The van der Waals surface area contributed by atoms with Crippen molar-refractivity contribution in [2.75, 3.05) is 20.3 Å². The maximum absolute atomic E-state index is 5.09. The van der Waals surface area contributed by atoms with Crippen LogP contribution in [0.4, 0.5) is 0 Å². The number of benzene rings is 1. The van der Waals surface area contributed by atoms with Gasteiger partial charge < -0.3 is 10.1 Å². The summed E-state index contributed by atoms with van der Waals surface area (Å²) in [5.41, 5.74) is 3.38. The van der Waals surface area contributed by atoms with E-state index in [2.05, 4.69) is 41.2 Å². The van der Waals surface area contributed by atoms with Crippen LogP contribution in [0.5, 0.6) is 0 Å². The van der Waals surface area contributed by atoms with Crippen LogP contribution in [0.2, 0.25) is 0 Å². The average molecular weight is 341 g/mol. The van der Waals surface area contributed by atoms with Crippen molar-refractivity contribution in [3.05, 3.63) is 59.6 Å². The van der Waals surface area contributed by atoms with E-state index in [0.29, 0.717) is 0 Å². The van der Waals surface area contributed by atoms with Gasteiger partial charge >= 0.3 is 0 Å². The van der Waals surface area contributed by atoms with E-state index in [1.165, 1.54) is 10.4 Å². The summed E-state index contributed by atoms with van der Waals surface area (Å²) in [5.74, 6) is 0. The smallest absolute Gasteiger partial charge is 0.107 e. The van der Waals surface area contributed by atoms with Gasteiger partial charge in [0.25, 0.3) is 0 Å². The van der Waals surface area contributed by atoms with E-state index in [9.17, 15) is 0 Å². The van der Waals surface area contributed by atoms with Crippen molar-refractivity contribution in [3.63, 3.8) is 0 Å². The molecule has 0 aliphatic rings. The van der Waals surface area contributed by atoms with Crippen LogP contribution in [0.15, 0.2) is 54.0 Å². The van der Waals surface area contributed by atoms with Gasteiger partial charge in [-0.05, 0) is 43.0 Å². The number of hydrogen-bond donors (Lipinski definition) is 1. The average Bonchev–Trinajstić information content (AvgIpc) is 3.28. The zero-order valence-corrected chi connectivity index (χ0v) is 14.8. The highest BCUT2D eigenvalue weighted by Crippen LogP contribution is 2.27. The number of nitrogens with zero attached hydrogens (tertiary/aromatic N) is 2. The van der Waals surface area contributed by atoms with Crippen molar-refractivity contribution in [2.45, 2.75) is 19.4 Å². The Kier molecular flexibility index (Phi) is 6.18. The van der Waals surface area contributed by atoms with E-state index in [1.54, 1.807) is 18.4 Å². The molecule has 0 saturated heterocycles. The molecule has 0 fully saturated rings. The molecule has 24 heavy (non-hydrogen) atoms. The monoisotopic (exact) mass is 341 g/mol. The van der Waals surface area contributed by atoms with E-state index in [0.717, 1.165) is 43.9 Å². The summed E-state index contributed by atoms with van der Waals surface area (Å²) >= 11 is 1.73. The molecule has 2 heterocycles. The van der Waals surface area contributed by atoms with Gasteiger partial charge in [0.2, 0.25) is 0 Å². The lowest BCUT2D eigenvalue weighted by molar-refractivity contribution is 0.192. The Labute approximate surface area is 147 Å². The van der Waals surface area contributed by atoms with E-state index >= 15 is 0 Å². The number of rotatable bonds is 9. The second-order valence-corrected chi connectivity index (χ2v) is 6.58. The predicted molar refractivity (Wildman–Crippen MR) is 99.7 cm³/mol. The standard InChI is InChI=1S/C19H23N3OS/c1-23-12-6-5-11-20-14-16-15-22(17-8-3-2-4-9-17)21-19(16)18-10-7-13-24-18/h2-4,7-10,13,15,20H,5-6,11-12,14H2,1H3. The Morgan fingerprint density at radius 3 is 2.75 bits per heavy atom. The number of para-hydroxylation sites is 1. The lowest BCUT2D eigenvalue weighted by Crippen LogP contribution is -2.15. The minimum atomic E-state index is 0.826. The van der Waals surface area contributed by atoms with Gasteiger partial charge in [0.1, 0.15) is 5.69 Å². The first-order chi connectivity index (χ1) is 11.9. The molecule has 126 valence electrons. The SMILES string of the molecule is COCCCCNCc1cn(-c2ccccc2)nc1-c1cccs1. The fourth-order valence-corrected chi connectivity index (χ4v) is 3.34. The van der Waals surface area contributed by atoms with Crippen molar-refractivity contribution in [3.8, 4) is 16.3 Å². The van der Waals surface area contributed by atoms with E-state index in [-0.39, 0.29) is 0 Å². The molecule has 0 saturated carbocycles. The molecule has 0 radical (unpaired) electrons. The maximum Gasteiger partial charge on any atom is 0.107 e. The van der Waals surface area contributed by atoms with Gasteiger partial charge in [-0.25, -0.2) is 4.68 Å². The minimum Gasteiger partial charge on any atom is -0.385 e. The number of nitrogens with one attached hydrogen (secondary N) is 1. The molecule has 3 rings (SSSR count). The Morgan fingerprint density at radius 2 is 2.00 bits per heavy atom. The van der Waals surface area contributed by atoms with Crippen LogP contribution in [0.1, 0.15) is 18.4 Å². The molecule has 0 unspecified atom stereocenters. The lowest BCUT2D eigenvalue weighted by atomic mass is 10.2. The zero-order valence-electron chi connectivity index (χ0n) is 13.9. The highest BCUT2D eigenvalue weighted by molar-refractivity contribution is 7.13. The first kappa shape index (κ1) is 16.9. The molecule has 0 bridgehead atoms. The van der Waals surface area contributed by atoms with Crippen LogP contribution in [0.25, 0.3) is 16.3 Å². The van der Waals surface area contributed by atoms with Crippen LogP contribution in [-0.2, 0) is 11.3 Å². The summed E-state index contributed by atoms with van der Waals surface area (Å²) < 4.78 is 7.06. The topological polar surface area (TPSA) is 39.1 Å². The van der Waals surface area contributed by atoms with Crippen molar-refractivity contribution < 1.29 is 4.74 Å². The number of methoxy groups -OCH3 is 1. The summed E-state index contributed by atoms with van der Waals surface area (Å²) in [6.07, 6.45) is 4.34. The van der Waals surface area contributed by atoms with E-state index in [4.69, 9.17) is 9.84 Å². The molecule has 3 aromatic rings. The summed E-state index contributed by atoms with van der Waals surface area (Å²) in [5, 5.41) is 10.4. The van der Waals surface area contributed by atoms with Gasteiger partial charge in [0.05, 0.1) is 10.6 Å². The molecule has 0 atom stereocenters. The van der Waals surface area contributed by atoms with Crippen LogP contribution in [-0.4, -0.2) is 30.0 Å². The molecule has 1 aromatic carbocycles. The maximum atomic E-state index is 5.09. The molecular weight excluding hydrogens is 318 g/mol. The quantitative estimate of drug-likeness (QED) is 0.595. The summed E-state index contributed by atoms with van der Waals surface area (Å²) in [7, 11) is 1.75. The normalized spacial score (nSPS) is 11.0. The second-order valence-electron chi connectivity index (χ2n) is 5.64. The molecule has 0 aliphatic heterocycles. The Balaban J connectivity index is 1.73. The number of thiophene rings is 1. The van der Waals surface area contributed by atoms with Crippen molar-refractivity contribution in [2.24, 2.45) is 0 Å². The molecule has 4 nitrogen and oxygen atoms in total. The third-order valence-electron chi connectivity index (χ3n) is 3.83. The highest BCUT2D eigenvalue weighted by Gasteiger charge is 2.12. The van der Waals surface area contributed by atoms with Crippen LogP contribution >= 0.6 is 11.3 Å². The molecule has 5 heteroatoms. The van der Waals surface area contributed by atoms with Crippen molar-refractivity contribution >= 4 is 11.3 Å². The van der Waals surface area contributed by atoms with Gasteiger partial charge in [-0.1, -0.05) is 24.3 Å². The summed E-state index contributed by atoms with van der Waals surface area (Å²) in [6, 6.07) is 14.5. The Hall–Kier alpha value is -1.95. The summed E-state index contributed by atoms with van der Waals surface area (Å²) in [4.78, 5) is 1.21. The third-order valence-corrected chi connectivity index (χ3v) is 4.71.